The number of rotatable bonds is 7. The maximum Gasteiger partial charge on any atom is 0.299 e. The molecule has 174 valence electrons. The SMILES string of the molecule is O=C1C(=O)N(CCCN2CCN(C(c3ccccc3)c3ccccc3)CC2)c2ccc(F)cc21. The van der Waals surface area contributed by atoms with E-state index < -0.39 is 17.5 Å². The molecule has 0 N–H and O–H groups in total. The Balaban J connectivity index is 1.18. The minimum absolute atomic E-state index is 0.173. The van der Waals surface area contributed by atoms with Crippen LogP contribution in [-0.4, -0.2) is 60.8 Å². The lowest BCUT2D eigenvalue weighted by Crippen LogP contribution is -2.48. The molecule has 0 aliphatic carbocycles. The van der Waals surface area contributed by atoms with Crippen molar-refractivity contribution in [2.45, 2.75) is 12.5 Å². The molecule has 5 rings (SSSR count). The molecule has 2 heterocycles. The first-order valence-electron chi connectivity index (χ1n) is 11.8. The fraction of sp³-hybridized carbons (Fsp3) is 0.286. The van der Waals surface area contributed by atoms with Crippen LogP contribution in [0.1, 0.15) is 33.9 Å². The highest BCUT2D eigenvalue weighted by molar-refractivity contribution is 6.52. The molecule has 1 fully saturated rings. The summed E-state index contributed by atoms with van der Waals surface area (Å²) in [5.41, 5.74) is 3.30. The molecule has 3 aromatic rings. The lowest BCUT2D eigenvalue weighted by molar-refractivity contribution is -0.114. The summed E-state index contributed by atoms with van der Waals surface area (Å²) in [4.78, 5) is 31.0. The second kappa shape index (κ2) is 9.87. The highest BCUT2D eigenvalue weighted by atomic mass is 19.1. The second-order valence-electron chi connectivity index (χ2n) is 8.90. The van der Waals surface area contributed by atoms with E-state index in [-0.39, 0.29) is 11.6 Å². The zero-order valence-electron chi connectivity index (χ0n) is 19.1. The van der Waals surface area contributed by atoms with E-state index in [0.717, 1.165) is 45.2 Å². The minimum Gasteiger partial charge on any atom is -0.305 e. The molecular formula is C28H28FN3O2. The first-order valence-corrected chi connectivity index (χ1v) is 11.8. The van der Waals surface area contributed by atoms with Crippen LogP contribution in [0.3, 0.4) is 0 Å². The summed E-state index contributed by atoms with van der Waals surface area (Å²) in [6.45, 7) is 5.12. The topological polar surface area (TPSA) is 43.9 Å². The van der Waals surface area contributed by atoms with Crippen LogP contribution in [-0.2, 0) is 4.79 Å². The van der Waals surface area contributed by atoms with Crippen LogP contribution in [0.25, 0.3) is 0 Å². The number of benzene rings is 3. The monoisotopic (exact) mass is 457 g/mol. The molecule has 3 aromatic carbocycles. The lowest BCUT2D eigenvalue weighted by Gasteiger charge is -2.40. The van der Waals surface area contributed by atoms with E-state index in [0.29, 0.717) is 12.2 Å². The third-order valence-electron chi connectivity index (χ3n) is 6.79. The van der Waals surface area contributed by atoms with Crippen LogP contribution < -0.4 is 4.90 Å². The molecule has 6 heteroatoms. The molecule has 0 bridgehead atoms. The molecule has 5 nitrogen and oxygen atoms in total. The van der Waals surface area contributed by atoms with Gasteiger partial charge in [-0.3, -0.25) is 14.5 Å². The van der Waals surface area contributed by atoms with Crippen molar-refractivity contribution >= 4 is 17.4 Å². The van der Waals surface area contributed by atoms with Crippen molar-refractivity contribution in [3.63, 3.8) is 0 Å². The molecule has 0 saturated carbocycles. The molecule has 0 unspecified atom stereocenters. The Hall–Kier alpha value is -3.35. The van der Waals surface area contributed by atoms with Gasteiger partial charge in [-0.05, 0) is 42.3 Å². The van der Waals surface area contributed by atoms with Gasteiger partial charge in [0.25, 0.3) is 11.7 Å². The van der Waals surface area contributed by atoms with E-state index >= 15 is 0 Å². The van der Waals surface area contributed by atoms with Crippen molar-refractivity contribution < 1.29 is 14.0 Å². The summed E-state index contributed by atoms with van der Waals surface area (Å²) < 4.78 is 13.5. The molecule has 0 aromatic heterocycles. The number of nitrogens with zero attached hydrogens (tertiary/aromatic N) is 3. The van der Waals surface area contributed by atoms with Crippen molar-refractivity contribution in [2.24, 2.45) is 0 Å². The predicted octanol–water partition coefficient (Wildman–Crippen LogP) is 4.15. The number of ketones is 1. The van der Waals surface area contributed by atoms with Crippen molar-refractivity contribution in [1.82, 2.24) is 9.80 Å². The average Bonchev–Trinajstić information content (AvgIpc) is 3.11. The Bertz CT molecular complexity index is 1120. The Morgan fingerprint density at radius 1 is 0.765 bits per heavy atom. The molecule has 0 radical (unpaired) electrons. The van der Waals surface area contributed by atoms with Gasteiger partial charge in [0.1, 0.15) is 5.82 Å². The van der Waals surface area contributed by atoms with Crippen LogP contribution in [0.5, 0.6) is 0 Å². The number of hydrogen-bond acceptors (Lipinski definition) is 4. The smallest absolute Gasteiger partial charge is 0.299 e. The fourth-order valence-electron chi connectivity index (χ4n) is 5.08. The van der Waals surface area contributed by atoms with Gasteiger partial charge in [0.15, 0.2) is 0 Å². The Morgan fingerprint density at radius 3 is 2.00 bits per heavy atom. The molecule has 2 aliphatic heterocycles. The summed E-state index contributed by atoms with van der Waals surface area (Å²) >= 11 is 0. The van der Waals surface area contributed by atoms with Gasteiger partial charge in [0.2, 0.25) is 0 Å². The summed E-state index contributed by atoms with van der Waals surface area (Å²) in [7, 11) is 0. The molecule has 1 amide bonds. The van der Waals surface area contributed by atoms with Crippen LogP contribution in [0.2, 0.25) is 0 Å². The Morgan fingerprint density at radius 2 is 1.38 bits per heavy atom. The van der Waals surface area contributed by atoms with Gasteiger partial charge in [-0.15, -0.1) is 0 Å². The van der Waals surface area contributed by atoms with Gasteiger partial charge in [-0.1, -0.05) is 60.7 Å². The first-order chi connectivity index (χ1) is 16.6. The summed E-state index contributed by atoms with van der Waals surface area (Å²) in [5.74, 6) is -1.67. The Labute approximate surface area is 199 Å². The van der Waals surface area contributed by atoms with Crippen LogP contribution in [0, 0.1) is 5.82 Å². The Kier molecular flexibility index (Phi) is 6.52. The number of hydrogen-bond donors (Lipinski definition) is 0. The van der Waals surface area contributed by atoms with E-state index in [9.17, 15) is 14.0 Å². The quantitative estimate of drug-likeness (QED) is 0.500. The molecular weight excluding hydrogens is 429 g/mol. The number of anilines is 1. The van der Waals surface area contributed by atoms with Crippen LogP contribution >= 0.6 is 0 Å². The summed E-state index contributed by atoms with van der Waals surface area (Å²) in [5, 5.41) is 0. The number of piperazine rings is 1. The molecule has 0 spiro atoms. The number of fused-ring (bicyclic) bond motifs is 1. The van der Waals surface area contributed by atoms with Crippen molar-refractivity contribution in [3.8, 4) is 0 Å². The summed E-state index contributed by atoms with van der Waals surface area (Å²) in [6.07, 6.45) is 0.761. The van der Waals surface area contributed by atoms with E-state index in [1.165, 1.54) is 28.2 Å². The van der Waals surface area contributed by atoms with Gasteiger partial charge in [-0.25, -0.2) is 4.39 Å². The minimum atomic E-state index is -0.615. The van der Waals surface area contributed by atoms with Gasteiger partial charge >= 0.3 is 0 Å². The standard InChI is InChI=1S/C28H28FN3O2/c29-23-12-13-25-24(20-23)27(33)28(34)32(25)15-7-14-30-16-18-31(19-17-30)26(21-8-3-1-4-9-21)22-10-5-2-6-11-22/h1-6,8-13,20,26H,7,14-19H2. The van der Waals surface area contributed by atoms with Gasteiger partial charge in [0, 0.05) is 32.7 Å². The lowest BCUT2D eigenvalue weighted by atomic mass is 9.96. The maximum atomic E-state index is 13.5. The van der Waals surface area contributed by atoms with Crippen LogP contribution in [0.15, 0.2) is 78.9 Å². The molecule has 1 saturated heterocycles. The largest absolute Gasteiger partial charge is 0.305 e. The average molecular weight is 458 g/mol. The molecule has 2 aliphatic rings. The highest BCUT2D eigenvalue weighted by Crippen LogP contribution is 2.31. The third-order valence-corrected chi connectivity index (χ3v) is 6.79. The van der Waals surface area contributed by atoms with Gasteiger partial charge in [0.05, 0.1) is 17.3 Å². The second-order valence-corrected chi connectivity index (χ2v) is 8.90. The predicted molar refractivity (Wildman–Crippen MR) is 130 cm³/mol. The normalized spacial score (nSPS) is 16.9. The third kappa shape index (κ3) is 4.52. The number of carbonyl (C=O) groups is 2. The van der Waals surface area contributed by atoms with Crippen LogP contribution in [0.4, 0.5) is 10.1 Å². The van der Waals surface area contributed by atoms with Gasteiger partial charge < -0.3 is 9.80 Å². The zero-order chi connectivity index (χ0) is 23.5. The van der Waals surface area contributed by atoms with E-state index in [4.69, 9.17) is 0 Å². The number of carbonyl (C=O) groups excluding carboxylic acids is 2. The van der Waals surface area contributed by atoms with E-state index in [1.54, 1.807) is 0 Å². The van der Waals surface area contributed by atoms with E-state index in [1.807, 2.05) is 0 Å². The number of Topliss-reactive ketones (excluding diaryl/α,β-unsaturated/α-hetero) is 1. The number of amides is 1. The van der Waals surface area contributed by atoms with E-state index in [2.05, 4.69) is 70.5 Å². The van der Waals surface area contributed by atoms with Crippen molar-refractivity contribution in [1.29, 1.82) is 0 Å². The first kappa shape index (κ1) is 22.4. The molecule has 0 atom stereocenters. The maximum absolute atomic E-state index is 13.5. The van der Waals surface area contributed by atoms with Crippen molar-refractivity contribution in [3.05, 3.63) is 101 Å². The zero-order valence-corrected chi connectivity index (χ0v) is 19.1. The summed E-state index contributed by atoms with van der Waals surface area (Å²) in [6, 6.07) is 25.5. The molecule has 34 heavy (non-hydrogen) atoms. The van der Waals surface area contributed by atoms with Crippen molar-refractivity contribution in [2.75, 3.05) is 44.2 Å². The number of halogens is 1. The highest BCUT2D eigenvalue weighted by Gasteiger charge is 2.35. The van der Waals surface area contributed by atoms with Gasteiger partial charge in [-0.2, -0.15) is 0 Å². The fourth-order valence-corrected chi connectivity index (χ4v) is 5.08.